The smallest absolute Gasteiger partial charge is 0.387 e. The van der Waals surface area contributed by atoms with Crippen LogP contribution in [0, 0.1) is 0 Å². The summed E-state index contributed by atoms with van der Waals surface area (Å²) in [6.07, 6.45) is 0. The van der Waals surface area contributed by atoms with E-state index in [9.17, 15) is 13.6 Å². The fourth-order valence-electron chi connectivity index (χ4n) is 1.11. The predicted molar refractivity (Wildman–Crippen MR) is 55.1 cm³/mol. The van der Waals surface area contributed by atoms with Crippen molar-refractivity contribution >= 4 is 5.91 Å². The number of halogens is 2. The maximum atomic E-state index is 12.1. The highest BCUT2D eigenvalue weighted by Gasteiger charge is 2.08. The van der Waals surface area contributed by atoms with E-state index in [1.54, 1.807) is 18.2 Å². The third-order valence-corrected chi connectivity index (χ3v) is 1.77. The maximum absolute atomic E-state index is 12.1. The van der Waals surface area contributed by atoms with Crippen molar-refractivity contribution in [3.63, 3.8) is 0 Å². The van der Waals surface area contributed by atoms with Crippen molar-refractivity contribution in [2.75, 3.05) is 6.61 Å². The predicted octanol–water partition coefficient (Wildman–Crippen LogP) is 0.794. The second-order valence-corrected chi connectivity index (χ2v) is 3.06. The van der Waals surface area contributed by atoms with Crippen molar-refractivity contribution < 1.29 is 23.1 Å². The maximum Gasteiger partial charge on any atom is 0.387 e. The largest absolute Gasteiger partial charge is 0.434 e. The molecule has 0 aliphatic carbocycles. The lowest BCUT2D eigenvalue weighted by atomic mass is 10.2. The van der Waals surface area contributed by atoms with E-state index in [1.807, 2.05) is 0 Å². The molecule has 3 N–H and O–H groups in total. The van der Waals surface area contributed by atoms with Crippen LogP contribution in [0.5, 0.6) is 5.75 Å². The van der Waals surface area contributed by atoms with Gasteiger partial charge in [0.15, 0.2) is 0 Å². The summed E-state index contributed by atoms with van der Waals surface area (Å²) in [6, 6.07) is 6.25. The quantitative estimate of drug-likeness (QED) is 0.551. The number of nitrogens with one attached hydrogen (secondary N) is 1. The van der Waals surface area contributed by atoms with E-state index >= 15 is 0 Å². The Labute approximate surface area is 96.5 Å². The minimum absolute atomic E-state index is 0.0534. The summed E-state index contributed by atoms with van der Waals surface area (Å²) < 4.78 is 28.4. The van der Waals surface area contributed by atoms with Gasteiger partial charge in [-0.15, -0.1) is 0 Å². The van der Waals surface area contributed by atoms with Crippen LogP contribution in [0.15, 0.2) is 24.3 Å². The fourth-order valence-corrected chi connectivity index (χ4v) is 1.11. The second kappa shape index (κ2) is 6.77. The van der Waals surface area contributed by atoms with Crippen LogP contribution in [0.4, 0.5) is 8.78 Å². The van der Waals surface area contributed by atoms with Crippen LogP contribution >= 0.6 is 0 Å². The van der Waals surface area contributed by atoms with Crippen molar-refractivity contribution in [2.45, 2.75) is 13.2 Å². The fraction of sp³-hybridized carbons (Fsp3) is 0.300. The minimum Gasteiger partial charge on any atom is -0.434 e. The first-order valence-electron chi connectivity index (χ1n) is 4.75. The van der Waals surface area contributed by atoms with E-state index in [4.69, 9.17) is 10.6 Å². The molecule has 0 unspecified atom stereocenters. The van der Waals surface area contributed by atoms with E-state index in [-0.39, 0.29) is 18.9 Å². The lowest BCUT2D eigenvalue weighted by Gasteiger charge is -2.10. The molecule has 0 heterocycles. The van der Waals surface area contributed by atoms with Crippen molar-refractivity contribution in [3.8, 4) is 5.75 Å². The normalized spacial score (nSPS) is 10.5. The molecule has 0 aromatic heterocycles. The number of nitrogens with two attached hydrogens (primary N) is 1. The van der Waals surface area contributed by atoms with Crippen LogP contribution in [0.25, 0.3) is 0 Å². The van der Waals surface area contributed by atoms with Crippen molar-refractivity contribution in [3.05, 3.63) is 29.8 Å². The molecule has 0 atom stereocenters. The topological polar surface area (TPSA) is 73.6 Å². The number of hydroxylamine groups is 1. The van der Waals surface area contributed by atoms with Gasteiger partial charge in [-0.3, -0.25) is 9.63 Å². The Morgan fingerprint density at radius 3 is 2.76 bits per heavy atom. The molecule has 1 aromatic carbocycles. The van der Waals surface area contributed by atoms with Gasteiger partial charge >= 0.3 is 6.61 Å². The Hall–Kier alpha value is -1.73. The van der Waals surface area contributed by atoms with Crippen molar-refractivity contribution in [1.82, 2.24) is 5.48 Å². The Morgan fingerprint density at radius 1 is 1.41 bits per heavy atom. The Balaban J connectivity index is 2.49. The van der Waals surface area contributed by atoms with Crippen LogP contribution < -0.4 is 16.0 Å². The average Bonchev–Trinajstić information content (AvgIpc) is 2.25. The molecule has 0 fully saturated rings. The summed E-state index contributed by atoms with van der Waals surface area (Å²) in [4.78, 5) is 15.0. The van der Waals surface area contributed by atoms with E-state index < -0.39 is 12.5 Å². The summed E-state index contributed by atoms with van der Waals surface area (Å²) >= 11 is 0. The van der Waals surface area contributed by atoms with Crippen LogP contribution in [0.3, 0.4) is 0 Å². The SMILES string of the molecule is NC(=O)CONCc1ccccc1OC(F)F. The van der Waals surface area contributed by atoms with Gasteiger partial charge in [0.05, 0.1) is 0 Å². The number of primary amides is 1. The molecule has 5 nitrogen and oxygen atoms in total. The van der Waals surface area contributed by atoms with Gasteiger partial charge in [-0.05, 0) is 6.07 Å². The number of benzene rings is 1. The molecule has 17 heavy (non-hydrogen) atoms. The van der Waals surface area contributed by atoms with E-state index in [1.165, 1.54) is 6.07 Å². The van der Waals surface area contributed by atoms with E-state index in [2.05, 4.69) is 10.2 Å². The molecule has 0 aliphatic heterocycles. The number of para-hydroxylation sites is 1. The third kappa shape index (κ3) is 5.23. The van der Waals surface area contributed by atoms with Gasteiger partial charge in [0.1, 0.15) is 12.4 Å². The number of carbonyl (C=O) groups excluding carboxylic acids is 1. The van der Waals surface area contributed by atoms with Gasteiger partial charge in [0.25, 0.3) is 0 Å². The zero-order valence-electron chi connectivity index (χ0n) is 8.86. The molecule has 1 amide bonds. The van der Waals surface area contributed by atoms with Gasteiger partial charge in [0.2, 0.25) is 5.91 Å². The van der Waals surface area contributed by atoms with Gasteiger partial charge in [-0.2, -0.15) is 14.3 Å². The number of hydrogen-bond acceptors (Lipinski definition) is 4. The number of carbonyl (C=O) groups is 1. The first kappa shape index (κ1) is 13.3. The highest BCUT2D eigenvalue weighted by Crippen LogP contribution is 2.19. The first-order valence-corrected chi connectivity index (χ1v) is 4.75. The molecule has 0 spiro atoms. The van der Waals surface area contributed by atoms with Crippen molar-refractivity contribution in [1.29, 1.82) is 0 Å². The summed E-state index contributed by atoms with van der Waals surface area (Å²) in [5.41, 5.74) is 7.74. The molecule has 94 valence electrons. The number of amides is 1. The Kier molecular flexibility index (Phi) is 5.31. The lowest BCUT2D eigenvalue weighted by Crippen LogP contribution is -2.24. The number of rotatable bonds is 7. The van der Waals surface area contributed by atoms with Crippen LogP contribution in [-0.4, -0.2) is 19.1 Å². The summed E-state index contributed by atoms with van der Waals surface area (Å²) in [7, 11) is 0. The summed E-state index contributed by atoms with van der Waals surface area (Å²) in [6.45, 7) is -3.06. The second-order valence-electron chi connectivity index (χ2n) is 3.06. The zero-order valence-corrected chi connectivity index (χ0v) is 8.86. The average molecular weight is 246 g/mol. The number of ether oxygens (including phenoxy) is 1. The van der Waals surface area contributed by atoms with E-state index in [0.29, 0.717) is 5.56 Å². The molecule has 0 saturated carbocycles. The first-order chi connectivity index (χ1) is 8.09. The van der Waals surface area contributed by atoms with Crippen LogP contribution in [-0.2, 0) is 16.2 Å². The van der Waals surface area contributed by atoms with Crippen LogP contribution in [0.2, 0.25) is 0 Å². The molecule has 0 saturated heterocycles. The van der Waals surface area contributed by atoms with E-state index in [0.717, 1.165) is 0 Å². The minimum atomic E-state index is -2.89. The standard InChI is InChI=1S/C10H12F2N2O3/c11-10(12)17-8-4-2-1-3-7(8)5-14-16-6-9(13)15/h1-4,10,14H,5-6H2,(H2,13,15). The van der Waals surface area contributed by atoms with Crippen molar-refractivity contribution in [2.24, 2.45) is 5.73 Å². The lowest BCUT2D eigenvalue weighted by molar-refractivity contribution is -0.125. The highest BCUT2D eigenvalue weighted by molar-refractivity contribution is 5.74. The molecule has 1 rings (SSSR count). The summed E-state index contributed by atoms with van der Waals surface area (Å²) in [5, 5.41) is 0. The molecule has 7 heteroatoms. The Morgan fingerprint density at radius 2 is 2.12 bits per heavy atom. The third-order valence-electron chi connectivity index (χ3n) is 1.77. The molecular weight excluding hydrogens is 234 g/mol. The Bertz CT molecular complexity index is 374. The van der Waals surface area contributed by atoms with Gasteiger partial charge in [0, 0.05) is 12.1 Å². The zero-order chi connectivity index (χ0) is 12.7. The molecular formula is C10H12F2N2O3. The van der Waals surface area contributed by atoms with Gasteiger partial charge in [-0.25, -0.2) is 0 Å². The summed E-state index contributed by atoms with van der Waals surface area (Å²) in [5.74, 6) is -0.577. The van der Waals surface area contributed by atoms with Crippen LogP contribution in [0.1, 0.15) is 5.56 Å². The van der Waals surface area contributed by atoms with Gasteiger partial charge in [-0.1, -0.05) is 18.2 Å². The number of hydrogen-bond donors (Lipinski definition) is 2. The monoisotopic (exact) mass is 246 g/mol. The molecule has 1 aromatic rings. The number of alkyl halides is 2. The molecule has 0 bridgehead atoms. The molecule has 0 radical (unpaired) electrons. The van der Waals surface area contributed by atoms with Gasteiger partial charge < -0.3 is 10.5 Å². The highest BCUT2D eigenvalue weighted by atomic mass is 19.3. The molecule has 0 aliphatic rings.